The number of hydrogen-bond acceptors (Lipinski definition) is 7. The first-order valence-electron chi connectivity index (χ1n) is 11.0. The minimum Gasteiger partial charge on any atom is -0.448 e. The van der Waals surface area contributed by atoms with Crippen LogP contribution in [0.4, 0.5) is 0 Å². The van der Waals surface area contributed by atoms with Crippen molar-refractivity contribution in [3.63, 3.8) is 0 Å². The molecule has 2 aliphatic rings. The van der Waals surface area contributed by atoms with E-state index in [1.165, 1.54) is 0 Å². The van der Waals surface area contributed by atoms with Crippen molar-refractivity contribution in [3.05, 3.63) is 0 Å². The molecule has 0 aromatic rings. The Morgan fingerprint density at radius 1 is 0.781 bits per heavy atom. The Hall–Kier alpha value is 0.140. The first-order chi connectivity index (χ1) is 14.8. The monoisotopic (exact) mass is 519 g/mol. The van der Waals surface area contributed by atoms with Crippen molar-refractivity contribution in [3.8, 4) is 0 Å². The van der Waals surface area contributed by atoms with Gasteiger partial charge in [-0.25, -0.2) is 0 Å². The number of ether oxygens (including phenoxy) is 5. The van der Waals surface area contributed by atoms with Crippen molar-refractivity contribution in [2.75, 3.05) is 27.4 Å². The Labute approximate surface area is 207 Å². The molecule has 2 fully saturated rings. The molecule has 2 saturated heterocycles. The van der Waals surface area contributed by atoms with E-state index >= 15 is 0 Å². The summed E-state index contributed by atoms with van der Waals surface area (Å²) in [5.74, 6) is 1.48. The molecule has 10 atom stereocenters. The zero-order valence-corrected chi connectivity index (χ0v) is 22.6. The summed E-state index contributed by atoms with van der Waals surface area (Å²) in [7, 11) is 3.28. The second-order valence-corrected chi connectivity index (χ2v) is 11.4. The number of aliphatic hydroxyl groups excluding tert-OH is 1. The number of methoxy groups -OCH3 is 2. The molecule has 7 nitrogen and oxygen atoms in total. The average Bonchev–Trinajstić information content (AvgIpc) is 2.72. The normalized spacial score (nSPS) is 40.2. The van der Waals surface area contributed by atoms with E-state index in [-0.39, 0.29) is 24.0 Å². The Kier molecular flexibility index (Phi) is 12.5. The largest absolute Gasteiger partial charge is 0.448 e. The molecular formula is C22H40Cl3NO6. The molecule has 0 radical (unpaired) electrons. The van der Waals surface area contributed by atoms with E-state index in [1.807, 2.05) is 13.8 Å². The third-order valence-corrected chi connectivity index (χ3v) is 7.66. The number of alkyl halides is 3. The molecule has 0 aliphatic carbocycles. The molecule has 0 aromatic heterocycles. The topological polar surface area (TPSA) is 90.2 Å². The number of halogens is 3. The van der Waals surface area contributed by atoms with Crippen LogP contribution in [0, 0.1) is 40.9 Å². The highest BCUT2D eigenvalue weighted by atomic mass is 35.6. The summed E-state index contributed by atoms with van der Waals surface area (Å²) in [5.41, 5.74) is 0. The highest BCUT2D eigenvalue weighted by Gasteiger charge is 2.42. The van der Waals surface area contributed by atoms with E-state index in [9.17, 15) is 5.11 Å². The van der Waals surface area contributed by atoms with Crippen molar-refractivity contribution in [1.82, 2.24) is 0 Å². The SMILES string of the molecule is COCC1OC(O)C(C)C(C)C1C.COCC1OC(OC(=N)C(Cl)(Cl)Cl)C(C)C(C)C1C. The van der Waals surface area contributed by atoms with Gasteiger partial charge < -0.3 is 28.8 Å². The van der Waals surface area contributed by atoms with Gasteiger partial charge in [0.1, 0.15) is 0 Å². The summed E-state index contributed by atoms with van der Waals surface area (Å²) in [5, 5.41) is 17.2. The summed E-state index contributed by atoms with van der Waals surface area (Å²) in [6.45, 7) is 13.6. The predicted octanol–water partition coefficient (Wildman–Crippen LogP) is 4.89. The van der Waals surface area contributed by atoms with Gasteiger partial charge >= 0.3 is 0 Å². The van der Waals surface area contributed by atoms with Gasteiger partial charge in [0.2, 0.25) is 12.2 Å². The van der Waals surface area contributed by atoms with E-state index < -0.39 is 22.3 Å². The van der Waals surface area contributed by atoms with E-state index in [0.717, 1.165) is 0 Å². The summed E-state index contributed by atoms with van der Waals surface area (Å²) < 4.78 is 25.0. The van der Waals surface area contributed by atoms with Gasteiger partial charge in [-0.05, 0) is 23.7 Å². The molecule has 32 heavy (non-hydrogen) atoms. The Bertz CT molecular complexity index is 578. The molecule has 2 rings (SSSR count). The van der Waals surface area contributed by atoms with Crippen molar-refractivity contribution in [2.45, 2.75) is 70.1 Å². The summed E-state index contributed by atoms with van der Waals surface area (Å²) in [6, 6.07) is 0. The molecule has 2 N–H and O–H groups in total. The van der Waals surface area contributed by atoms with Crippen LogP contribution < -0.4 is 0 Å². The van der Waals surface area contributed by atoms with Gasteiger partial charge in [-0.1, -0.05) is 76.3 Å². The van der Waals surface area contributed by atoms with Gasteiger partial charge in [-0.2, -0.15) is 0 Å². The molecule has 0 saturated carbocycles. The van der Waals surface area contributed by atoms with Crippen LogP contribution >= 0.6 is 34.8 Å². The number of hydrogen-bond donors (Lipinski definition) is 2. The highest BCUT2D eigenvalue weighted by Crippen LogP contribution is 2.37. The molecular weight excluding hydrogens is 481 g/mol. The van der Waals surface area contributed by atoms with Crippen LogP contribution in [-0.4, -0.2) is 67.0 Å². The quantitative estimate of drug-likeness (QED) is 0.305. The first kappa shape index (κ1) is 30.2. The maximum absolute atomic E-state index is 9.59. The lowest BCUT2D eigenvalue weighted by atomic mass is 9.79. The Morgan fingerprint density at radius 2 is 1.22 bits per heavy atom. The second-order valence-electron chi connectivity index (χ2n) is 9.12. The molecule has 190 valence electrons. The van der Waals surface area contributed by atoms with E-state index in [0.29, 0.717) is 36.9 Å². The molecule has 2 heterocycles. The fraction of sp³-hybridized carbons (Fsp3) is 0.955. The van der Waals surface area contributed by atoms with Crippen LogP contribution in [0.1, 0.15) is 41.5 Å². The van der Waals surface area contributed by atoms with Crippen LogP contribution in [-0.2, 0) is 23.7 Å². The van der Waals surface area contributed by atoms with Crippen LogP contribution in [0.25, 0.3) is 0 Å². The van der Waals surface area contributed by atoms with Crippen LogP contribution in [0.5, 0.6) is 0 Å². The lowest BCUT2D eigenvalue weighted by molar-refractivity contribution is -0.233. The van der Waals surface area contributed by atoms with Gasteiger partial charge in [0, 0.05) is 26.1 Å². The van der Waals surface area contributed by atoms with Gasteiger partial charge in [-0.15, -0.1) is 0 Å². The minimum atomic E-state index is -1.87. The number of aliphatic hydroxyl groups is 1. The van der Waals surface area contributed by atoms with Crippen LogP contribution in [0.3, 0.4) is 0 Å². The lowest BCUT2D eigenvalue weighted by Gasteiger charge is -2.43. The highest BCUT2D eigenvalue weighted by molar-refractivity contribution is 6.76. The molecule has 0 bridgehead atoms. The zero-order chi connectivity index (χ0) is 24.8. The molecule has 10 heteroatoms. The number of rotatable bonds is 5. The summed E-state index contributed by atoms with van der Waals surface area (Å²) >= 11 is 16.8. The number of nitrogens with one attached hydrogen (secondary N) is 1. The van der Waals surface area contributed by atoms with Crippen molar-refractivity contribution >= 4 is 40.7 Å². The van der Waals surface area contributed by atoms with Gasteiger partial charge in [-0.3, -0.25) is 5.41 Å². The third-order valence-electron chi connectivity index (χ3n) is 7.15. The smallest absolute Gasteiger partial charge is 0.265 e. The van der Waals surface area contributed by atoms with E-state index in [2.05, 4.69) is 27.7 Å². The second kappa shape index (κ2) is 13.3. The van der Waals surface area contributed by atoms with E-state index in [4.69, 9.17) is 63.9 Å². The van der Waals surface area contributed by atoms with Crippen molar-refractivity contribution in [1.29, 1.82) is 5.41 Å². The molecule has 0 spiro atoms. The van der Waals surface area contributed by atoms with Crippen molar-refractivity contribution in [2.24, 2.45) is 35.5 Å². The molecule has 10 unspecified atom stereocenters. The maximum atomic E-state index is 9.59. The Balaban J connectivity index is 0.000000343. The molecule has 0 aromatic carbocycles. The zero-order valence-electron chi connectivity index (χ0n) is 20.3. The van der Waals surface area contributed by atoms with Gasteiger partial charge in [0.25, 0.3) is 3.79 Å². The van der Waals surface area contributed by atoms with Crippen molar-refractivity contribution < 1.29 is 28.8 Å². The standard InChI is InChI=1S/C12H20Cl3NO3.C10H20O3/c1-6-7(2)9(5-17-4)18-10(8(6)3)19-11(16)12(13,14)15;1-6-7(2)9(5-12-4)13-10(11)8(6)3/h6-10,16H,5H2,1-4H3;6-11H,5H2,1-4H3. The molecule has 0 amide bonds. The third kappa shape index (κ3) is 8.12. The van der Waals surface area contributed by atoms with Gasteiger partial charge in [0.05, 0.1) is 25.4 Å². The first-order valence-corrected chi connectivity index (χ1v) is 12.2. The Morgan fingerprint density at radius 3 is 1.66 bits per heavy atom. The van der Waals surface area contributed by atoms with E-state index in [1.54, 1.807) is 14.2 Å². The summed E-state index contributed by atoms with van der Waals surface area (Å²) in [4.78, 5) is 0. The summed E-state index contributed by atoms with van der Waals surface area (Å²) in [6.07, 6.45) is -1.29. The average molecular weight is 521 g/mol. The predicted molar refractivity (Wildman–Crippen MR) is 127 cm³/mol. The molecule has 2 aliphatic heterocycles. The lowest BCUT2D eigenvalue weighted by Crippen LogP contribution is -2.48. The fourth-order valence-electron chi connectivity index (χ4n) is 4.02. The van der Waals surface area contributed by atoms with Gasteiger partial charge in [0.15, 0.2) is 6.29 Å². The van der Waals surface area contributed by atoms with Crippen LogP contribution in [0.2, 0.25) is 0 Å². The maximum Gasteiger partial charge on any atom is 0.265 e. The fourth-order valence-corrected chi connectivity index (χ4v) is 4.15. The van der Waals surface area contributed by atoms with Crippen LogP contribution in [0.15, 0.2) is 0 Å². The minimum absolute atomic E-state index is 0.0335.